The number of nitrogens with one attached hydrogen (secondary N) is 1. The van der Waals surface area contributed by atoms with Crippen molar-refractivity contribution in [3.05, 3.63) is 59.7 Å². The smallest absolute Gasteiger partial charge is 0.255 e. The topological polar surface area (TPSA) is 78.5 Å². The molecule has 5 heteroatoms. The molecule has 1 atom stereocenters. The second-order valence-corrected chi connectivity index (χ2v) is 4.92. The van der Waals surface area contributed by atoms with E-state index in [1.54, 1.807) is 24.3 Å². The summed E-state index contributed by atoms with van der Waals surface area (Å²) in [5.41, 5.74) is 2.28. The summed E-state index contributed by atoms with van der Waals surface area (Å²) in [5, 5.41) is 13.4. The number of anilines is 1. The molecule has 1 N–H and O–H groups in total. The second kappa shape index (κ2) is 6.76. The maximum absolute atomic E-state index is 12.1. The third-order valence-electron chi connectivity index (χ3n) is 3.07. The van der Waals surface area contributed by atoms with Gasteiger partial charge >= 0.3 is 0 Å². The molecule has 2 rings (SSSR count). The summed E-state index contributed by atoms with van der Waals surface area (Å²) in [6.45, 7) is 3.35. The molecule has 0 saturated heterocycles. The predicted molar refractivity (Wildman–Crippen MR) is 80.7 cm³/mol. The Kier molecular flexibility index (Phi) is 4.78. The number of ether oxygens (including phenoxy) is 1. The van der Waals surface area contributed by atoms with Crippen LogP contribution in [0.3, 0.4) is 0 Å². The van der Waals surface area contributed by atoms with Gasteiger partial charge in [0.15, 0.2) is 0 Å². The summed E-state index contributed by atoms with van der Waals surface area (Å²) in [5.74, 6) is -1.17. The van der Waals surface area contributed by atoms with E-state index in [2.05, 4.69) is 5.32 Å². The van der Waals surface area contributed by atoms with Crippen LogP contribution in [0.15, 0.2) is 48.5 Å². The van der Waals surface area contributed by atoms with Gasteiger partial charge in [0.05, 0.1) is 5.97 Å². The Morgan fingerprint density at radius 1 is 1.05 bits per heavy atom. The molecule has 0 aliphatic rings. The molecule has 2 aromatic carbocycles. The molecule has 0 aliphatic carbocycles. The number of carbonyl (C=O) groups excluding carboxylic acids is 2. The number of carbonyl (C=O) groups is 2. The number of amides is 1. The van der Waals surface area contributed by atoms with Crippen LogP contribution in [0.5, 0.6) is 5.75 Å². The molecule has 0 radical (unpaired) electrons. The summed E-state index contributed by atoms with van der Waals surface area (Å²) in [6, 6.07) is 13.7. The molecular weight excluding hydrogens is 282 g/mol. The average molecular weight is 298 g/mol. The number of carboxylic acid groups (broad SMARTS) is 1. The standard InChI is InChI=1S/C17H17NO4/c1-11-3-7-14(8-4-11)18-16(19)13-5-9-15(10-6-13)22-12(2)17(20)21/h3-10,12H,1-2H3,(H,18,19)(H,20,21)/p-1/t12-/m0/s1. The largest absolute Gasteiger partial charge is 0.546 e. The maximum Gasteiger partial charge on any atom is 0.255 e. The molecule has 0 aromatic heterocycles. The van der Waals surface area contributed by atoms with Crippen LogP contribution in [0.25, 0.3) is 0 Å². The summed E-state index contributed by atoms with van der Waals surface area (Å²) in [7, 11) is 0. The number of rotatable bonds is 5. The van der Waals surface area contributed by atoms with Crippen LogP contribution >= 0.6 is 0 Å². The van der Waals surface area contributed by atoms with Gasteiger partial charge in [-0.25, -0.2) is 0 Å². The molecular formula is C17H16NO4-. The molecule has 0 spiro atoms. The fourth-order valence-electron chi connectivity index (χ4n) is 1.78. The molecule has 0 aliphatic heterocycles. The molecule has 2 aromatic rings. The van der Waals surface area contributed by atoms with Gasteiger partial charge in [0, 0.05) is 11.3 Å². The minimum atomic E-state index is -1.29. The maximum atomic E-state index is 12.1. The van der Waals surface area contributed by atoms with E-state index >= 15 is 0 Å². The van der Waals surface area contributed by atoms with E-state index in [4.69, 9.17) is 4.74 Å². The van der Waals surface area contributed by atoms with E-state index in [1.165, 1.54) is 6.92 Å². The molecule has 0 heterocycles. The van der Waals surface area contributed by atoms with Crippen LogP contribution in [0.4, 0.5) is 5.69 Å². The van der Waals surface area contributed by atoms with Gasteiger partial charge in [-0.05, 0) is 50.2 Å². The molecule has 0 bridgehead atoms. The van der Waals surface area contributed by atoms with E-state index in [1.807, 2.05) is 31.2 Å². The summed E-state index contributed by atoms with van der Waals surface area (Å²) < 4.78 is 5.15. The van der Waals surface area contributed by atoms with Crippen molar-refractivity contribution in [1.29, 1.82) is 0 Å². The number of aliphatic carboxylic acids is 1. The minimum Gasteiger partial charge on any atom is -0.546 e. The van der Waals surface area contributed by atoms with Gasteiger partial charge in [0.25, 0.3) is 5.91 Å². The normalized spacial score (nSPS) is 11.5. The Hall–Kier alpha value is -2.82. The van der Waals surface area contributed by atoms with Crippen molar-refractivity contribution in [3.63, 3.8) is 0 Å². The van der Waals surface area contributed by atoms with E-state index < -0.39 is 12.1 Å². The zero-order chi connectivity index (χ0) is 16.1. The fraction of sp³-hybridized carbons (Fsp3) is 0.176. The molecule has 0 unspecified atom stereocenters. The van der Waals surface area contributed by atoms with Gasteiger partial charge in [-0.3, -0.25) is 4.79 Å². The van der Waals surface area contributed by atoms with E-state index in [-0.39, 0.29) is 5.91 Å². The number of hydrogen-bond donors (Lipinski definition) is 1. The van der Waals surface area contributed by atoms with Crippen molar-refractivity contribution in [2.75, 3.05) is 5.32 Å². The van der Waals surface area contributed by atoms with Crippen LogP contribution < -0.4 is 15.2 Å². The highest BCUT2D eigenvalue weighted by Gasteiger charge is 2.08. The quantitative estimate of drug-likeness (QED) is 0.912. The highest BCUT2D eigenvalue weighted by molar-refractivity contribution is 6.04. The second-order valence-electron chi connectivity index (χ2n) is 4.92. The Balaban J connectivity index is 2.01. The molecule has 0 saturated carbocycles. The predicted octanol–water partition coefficient (Wildman–Crippen LogP) is 1.76. The molecule has 114 valence electrons. The lowest BCUT2D eigenvalue weighted by atomic mass is 10.2. The van der Waals surface area contributed by atoms with Gasteiger partial charge in [0.1, 0.15) is 11.9 Å². The monoisotopic (exact) mass is 298 g/mol. The lowest BCUT2D eigenvalue weighted by Crippen LogP contribution is -2.37. The van der Waals surface area contributed by atoms with Crippen LogP contribution in [-0.4, -0.2) is 18.0 Å². The highest BCUT2D eigenvalue weighted by atomic mass is 16.5. The third kappa shape index (κ3) is 4.09. The first-order valence-corrected chi connectivity index (χ1v) is 6.81. The van der Waals surface area contributed by atoms with Gasteiger partial charge in [-0.2, -0.15) is 0 Å². The van der Waals surface area contributed by atoms with Gasteiger partial charge in [-0.15, -0.1) is 0 Å². The first-order chi connectivity index (χ1) is 10.5. The first-order valence-electron chi connectivity index (χ1n) is 6.81. The molecule has 1 amide bonds. The zero-order valence-electron chi connectivity index (χ0n) is 12.3. The van der Waals surface area contributed by atoms with Crippen LogP contribution in [0.1, 0.15) is 22.8 Å². The number of benzene rings is 2. The fourth-order valence-corrected chi connectivity index (χ4v) is 1.78. The van der Waals surface area contributed by atoms with E-state index in [0.717, 1.165) is 5.56 Å². The van der Waals surface area contributed by atoms with E-state index in [9.17, 15) is 14.7 Å². The lowest BCUT2D eigenvalue weighted by Gasteiger charge is -2.15. The van der Waals surface area contributed by atoms with Crippen molar-refractivity contribution < 1.29 is 19.4 Å². The van der Waals surface area contributed by atoms with Gasteiger partial charge in [0.2, 0.25) is 0 Å². The Bertz CT molecular complexity index is 662. The van der Waals surface area contributed by atoms with Crippen molar-refractivity contribution in [1.82, 2.24) is 0 Å². The van der Waals surface area contributed by atoms with Gasteiger partial charge < -0.3 is 20.0 Å². The van der Waals surface area contributed by atoms with Crippen molar-refractivity contribution in [3.8, 4) is 5.75 Å². The molecule has 0 fully saturated rings. The van der Waals surface area contributed by atoms with Gasteiger partial charge in [-0.1, -0.05) is 17.7 Å². The lowest BCUT2D eigenvalue weighted by molar-refractivity contribution is -0.312. The number of hydrogen-bond acceptors (Lipinski definition) is 4. The Labute approximate surface area is 128 Å². The summed E-state index contributed by atoms with van der Waals surface area (Å²) >= 11 is 0. The SMILES string of the molecule is Cc1ccc(NC(=O)c2ccc(O[C@@H](C)C(=O)[O-])cc2)cc1. The minimum absolute atomic E-state index is 0.247. The molecule has 5 nitrogen and oxygen atoms in total. The number of aryl methyl sites for hydroxylation is 1. The van der Waals surface area contributed by atoms with Crippen molar-refractivity contribution in [2.45, 2.75) is 20.0 Å². The number of carboxylic acids is 1. The average Bonchev–Trinajstić information content (AvgIpc) is 2.50. The Morgan fingerprint density at radius 2 is 1.64 bits per heavy atom. The van der Waals surface area contributed by atoms with Crippen molar-refractivity contribution >= 4 is 17.6 Å². The van der Waals surface area contributed by atoms with Crippen LogP contribution in [0, 0.1) is 6.92 Å². The molecule has 22 heavy (non-hydrogen) atoms. The highest BCUT2D eigenvalue weighted by Crippen LogP contribution is 2.16. The summed E-state index contributed by atoms with van der Waals surface area (Å²) in [4.78, 5) is 22.7. The first kappa shape index (κ1) is 15.6. The van der Waals surface area contributed by atoms with Crippen LogP contribution in [0.2, 0.25) is 0 Å². The third-order valence-corrected chi connectivity index (χ3v) is 3.07. The Morgan fingerprint density at radius 3 is 2.18 bits per heavy atom. The summed E-state index contributed by atoms with van der Waals surface area (Å²) in [6.07, 6.45) is -1.05. The van der Waals surface area contributed by atoms with Crippen LogP contribution in [-0.2, 0) is 4.79 Å². The zero-order valence-corrected chi connectivity index (χ0v) is 12.3. The van der Waals surface area contributed by atoms with E-state index in [0.29, 0.717) is 17.0 Å². The van der Waals surface area contributed by atoms with Crippen molar-refractivity contribution in [2.24, 2.45) is 0 Å².